The van der Waals surface area contributed by atoms with Gasteiger partial charge in [-0.05, 0) is 93.4 Å². The van der Waals surface area contributed by atoms with Crippen LogP contribution in [-0.2, 0) is 10.0 Å². The molecule has 1 fully saturated rings. The van der Waals surface area contributed by atoms with Crippen LogP contribution >= 0.6 is 0 Å². The number of hydrogen-bond acceptors (Lipinski definition) is 7. The Morgan fingerprint density at radius 2 is 1.48 bits per heavy atom. The molecule has 2 aromatic carbocycles. The van der Waals surface area contributed by atoms with E-state index in [1.54, 1.807) is 42.7 Å². The van der Waals surface area contributed by atoms with Gasteiger partial charge in [-0.1, -0.05) is 23.8 Å². The number of rotatable bonds is 5. The van der Waals surface area contributed by atoms with Crippen molar-refractivity contribution in [2.24, 2.45) is 0 Å². The lowest BCUT2D eigenvalue weighted by molar-refractivity contribution is 0.312. The number of benzene rings is 2. The van der Waals surface area contributed by atoms with Crippen LogP contribution in [0.3, 0.4) is 0 Å². The monoisotopic (exact) mass is 581 g/mol. The molecule has 1 aliphatic rings. The van der Waals surface area contributed by atoms with Gasteiger partial charge in [0.1, 0.15) is 11.6 Å². The topological polar surface area (TPSA) is 91.6 Å². The van der Waals surface area contributed by atoms with Crippen LogP contribution in [0.4, 0.5) is 5.82 Å². The number of aryl methyl sites for hydroxylation is 3. The lowest BCUT2D eigenvalue weighted by Gasteiger charge is -2.33. The number of likely N-dealkylation sites (N-methyl/N-ethyl adjacent to an activating group) is 1. The minimum Gasteiger partial charge on any atom is -0.508 e. The van der Waals surface area contributed by atoms with Crippen LogP contribution in [0, 0.1) is 27.7 Å². The van der Waals surface area contributed by atoms with E-state index >= 15 is 0 Å². The number of aromatic nitrogens is 3. The Morgan fingerprint density at radius 1 is 0.786 bits per heavy atom. The van der Waals surface area contributed by atoms with Gasteiger partial charge in [-0.2, -0.15) is 0 Å². The Morgan fingerprint density at radius 3 is 2.14 bits per heavy atom. The molecule has 4 heterocycles. The van der Waals surface area contributed by atoms with Crippen LogP contribution in [0.15, 0.2) is 71.9 Å². The lowest BCUT2D eigenvalue weighted by Crippen LogP contribution is -2.44. The number of hydrogen-bond donors (Lipinski definition) is 1. The predicted molar refractivity (Wildman–Crippen MR) is 168 cm³/mol. The molecular formula is C33H35N5O3S. The third kappa shape index (κ3) is 4.72. The van der Waals surface area contributed by atoms with E-state index in [1.807, 2.05) is 52.0 Å². The standard InChI is InChI=1S/C33H35N5O3S/c1-21-6-10-27(11-7-21)42(40,41)38-32(25-9-13-30(34-19-25)37-16-14-36(5)15-17-37)23(3)28-18-26(20-35-33(28)38)31-22(2)8-12-29(39)24(31)4/h6-13,18-20,39H,14-17H2,1-5H3. The van der Waals surface area contributed by atoms with Crippen LogP contribution in [0.5, 0.6) is 5.75 Å². The maximum absolute atomic E-state index is 14.3. The fourth-order valence-electron chi connectivity index (χ4n) is 5.83. The second kappa shape index (κ2) is 10.6. The molecule has 0 bridgehead atoms. The van der Waals surface area contributed by atoms with Crippen molar-refractivity contribution in [3.05, 3.63) is 89.2 Å². The van der Waals surface area contributed by atoms with E-state index < -0.39 is 10.0 Å². The van der Waals surface area contributed by atoms with Crippen LogP contribution in [0.25, 0.3) is 33.4 Å². The first-order valence-corrected chi connectivity index (χ1v) is 15.5. The summed E-state index contributed by atoms with van der Waals surface area (Å²) in [6.07, 6.45) is 3.46. The van der Waals surface area contributed by atoms with Crippen molar-refractivity contribution in [1.82, 2.24) is 18.8 Å². The Balaban J connectivity index is 1.56. The average molecular weight is 582 g/mol. The molecule has 216 valence electrons. The molecule has 8 nitrogen and oxygen atoms in total. The molecule has 42 heavy (non-hydrogen) atoms. The summed E-state index contributed by atoms with van der Waals surface area (Å²) in [5.41, 5.74) is 6.82. The maximum atomic E-state index is 14.3. The van der Waals surface area contributed by atoms with Gasteiger partial charge < -0.3 is 14.9 Å². The predicted octanol–water partition coefficient (Wildman–Crippen LogP) is 5.69. The van der Waals surface area contributed by atoms with Crippen molar-refractivity contribution >= 4 is 26.9 Å². The molecule has 0 saturated carbocycles. The molecule has 1 N–H and O–H groups in total. The summed E-state index contributed by atoms with van der Waals surface area (Å²) in [5, 5.41) is 11.1. The summed E-state index contributed by atoms with van der Waals surface area (Å²) < 4.78 is 29.9. The summed E-state index contributed by atoms with van der Waals surface area (Å²) in [6, 6.07) is 16.3. The van der Waals surface area contributed by atoms with E-state index in [-0.39, 0.29) is 10.6 Å². The van der Waals surface area contributed by atoms with Gasteiger partial charge in [0.25, 0.3) is 10.0 Å². The zero-order valence-corrected chi connectivity index (χ0v) is 25.4. The second-order valence-electron chi connectivity index (χ2n) is 11.2. The number of phenolic OH excluding ortho intramolecular Hbond substituents is 1. The van der Waals surface area contributed by atoms with Gasteiger partial charge >= 0.3 is 0 Å². The Bertz CT molecular complexity index is 1900. The molecule has 5 aromatic rings. The fourth-order valence-corrected chi connectivity index (χ4v) is 7.38. The minimum absolute atomic E-state index is 0.193. The SMILES string of the molecule is Cc1ccc(S(=O)(=O)n2c(-c3ccc(N4CCN(C)CC4)nc3)c(C)c3cc(-c4c(C)ccc(O)c4C)cnc32)cc1. The molecular weight excluding hydrogens is 546 g/mol. The summed E-state index contributed by atoms with van der Waals surface area (Å²) in [6.45, 7) is 11.5. The van der Waals surface area contributed by atoms with Gasteiger partial charge in [0.05, 0.1) is 10.6 Å². The quantitative estimate of drug-likeness (QED) is 0.285. The molecule has 0 radical (unpaired) electrons. The molecule has 9 heteroatoms. The van der Waals surface area contributed by atoms with Gasteiger partial charge in [-0.25, -0.2) is 22.4 Å². The third-order valence-electron chi connectivity index (χ3n) is 8.36. The van der Waals surface area contributed by atoms with E-state index in [0.29, 0.717) is 16.9 Å². The van der Waals surface area contributed by atoms with Crippen LogP contribution in [0.1, 0.15) is 22.3 Å². The third-order valence-corrected chi connectivity index (χ3v) is 10.1. The number of anilines is 1. The summed E-state index contributed by atoms with van der Waals surface area (Å²) in [4.78, 5) is 14.3. The number of aromatic hydroxyl groups is 1. The first kappa shape index (κ1) is 27.9. The van der Waals surface area contributed by atoms with Gasteiger partial charge in [-0.15, -0.1) is 0 Å². The zero-order valence-electron chi connectivity index (χ0n) is 24.6. The normalized spacial score (nSPS) is 14.5. The van der Waals surface area contributed by atoms with E-state index in [1.165, 1.54) is 3.97 Å². The molecule has 1 saturated heterocycles. The Labute approximate surface area is 246 Å². The molecule has 6 rings (SSSR count). The zero-order chi connectivity index (χ0) is 29.8. The average Bonchev–Trinajstić information content (AvgIpc) is 3.28. The molecule has 0 spiro atoms. The van der Waals surface area contributed by atoms with Gasteiger partial charge in [0.15, 0.2) is 5.65 Å². The van der Waals surface area contributed by atoms with Gasteiger partial charge in [0, 0.05) is 55.1 Å². The maximum Gasteiger partial charge on any atom is 0.269 e. The second-order valence-corrected chi connectivity index (χ2v) is 13.0. The largest absolute Gasteiger partial charge is 0.508 e. The highest BCUT2D eigenvalue weighted by Gasteiger charge is 2.28. The molecule has 0 aliphatic carbocycles. The lowest BCUT2D eigenvalue weighted by atomic mass is 9.95. The van der Waals surface area contributed by atoms with Crippen molar-refractivity contribution in [2.45, 2.75) is 32.6 Å². The first-order valence-electron chi connectivity index (χ1n) is 14.1. The molecule has 3 aromatic heterocycles. The van der Waals surface area contributed by atoms with Crippen LogP contribution in [0.2, 0.25) is 0 Å². The molecule has 0 atom stereocenters. The Kier molecular flexibility index (Phi) is 7.03. The number of nitrogens with zero attached hydrogens (tertiary/aromatic N) is 5. The van der Waals surface area contributed by atoms with E-state index in [2.05, 4.69) is 16.8 Å². The summed E-state index contributed by atoms with van der Waals surface area (Å²) in [7, 11) is -1.89. The minimum atomic E-state index is -4.01. The first-order chi connectivity index (χ1) is 20.1. The highest BCUT2D eigenvalue weighted by Crippen LogP contribution is 2.39. The molecule has 0 unspecified atom stereocenters. The van der Waals surface area contributed by atoms with Gasteiger partial charge in [-0.3, -0.25) is 0 Å². The highest BCUT2D eigenvalue weighted by molar-refractivity contribution is 7.90. The smallest absolute Gasteiger partial charge is 0.269 e. The number of pyridine rings is 2. The molecule has 1 aliphatic heterocycles. The number of phenols is 1. The van der Waals surface area contributed by atoms with Gasteiger partial charge in [0.2, 0.25) is 0 Å². The van der Waals surface area contributed by atoms with E-state index in [9.17, 15) is 13.5 Å². The van der Waals surface area contributed by atoms with Crippen molar-refractivity contribution < 1.29 is 13.5 Å². The molecule has 0 amide bonds. The van der Waals surface area contributed by atoms with Crippen molar-refractivity contribution in [3.8, 4) is 28.1 Å². The van der Waals surface area contributed by atoms with E-state index in [4.69, 9.17) is 9.97 Å². The number of fused-ring (bicyclic) bond motifs is 1. The highest BCUT2D eigenvalue weighted by atomic mass is 32.2. The van der Waals surface area contributed by atoms with Crippen molar-refractivity contribution in [1.29, 1.82) is 0 Å². The van der Waals surface area contributed by atoms with Crippen LogP contribution in [-0.4, -0.2) is 65.6 Å². The number of piperazine rings is 1. The van der Waals surface area contributed by atoms with Crippen molar-refractivity contribution in [3.63, 3.8) is 0 Å². The summed E-state index contributed by atoms with van der Waals surface area (Å²) >= 11 is 0. The fraction of sp³-hybridized carbons (Fsp3) is 0.273. The Hall–Kier alpha value is -4.21. The van der Waals surface area contributed by atoms with E-state index in [0.717, 1.165) is 70.8 Å². The summed E-state index contributed by atoms with van der Waals surface area (Å²) in [5.74, 6) is 1.09. The van der Waals surface area contributed by atoms with Crippen molar-refractivity contribution in [2.75, 3.05) is 38.1 Å². The van der Waals surface area contributed by atoms with Crippen LogP contribution < -0.4 is 4.90 Å².